The molecule has 0 fully saturated rings. The van der Waals surface area contributed by atoms with Gasteiger partial charge in [0.1, 0.15) is 0 Å². The molecule has 0 aliphatic rings. The van der Waals surface area contributed by atoms with Crippen LogP contribution in [0, 0.1) is 0 Å². The lowest BCUT2D eigenvalue weighted by Crippen LogP contribution is -2.37. The number of aliphatic imine (C=N–C) groups is 1. The summed E-state index contributed by atoms with van der Waals surface area (Å²) in [5, 5.41) is 6.28. The second-order valence-electron chi connectivity index (χ2n) is 6.26. The van der Waals surface area contributed by atoms with Crippen LogP contribution in [-0.2, 0) is 13.1 Å². The molecule has 0 atom stereocenters. The van der Waals surface area contributed by atoms with Crippen LogP contribution in [0.5, 0.6) is 23.0 Å². The highest BCUT2D eigenvalue weighted by Crippen LogP contribution is 2.33. The summed E-state index contributed by atoms with van der Waals surface area (Å²) in [7, 11) is 3.15. The summed E-state index contributed by atoms with van der Waals surface area (Å²) < 4.78 is 46.8. The minimum absolute atomic E-state index is 0.0113. The second kappa shape index (κ2) is 12.5. The molecule has 170 valence electrons. The lowest BCUT2D eigenvalue weighted by molar-refractivity contribution is -0.0520. The maximum Gasteiger partial charge on any atom is 0.387 e. The number of guanidine groups is 1. The molecule has 0 spiro atoms. The molecule has 0 bridgehead atoms. The number of nitrogens with zero attached hydrogens (tertiary/aromatic N) is 1. The van der Waals surface area contributed by atoms with Gasteiger partial charge < -0.3 is 29.6 Å². The fraction of sp³-hybridized carbons (Fsp3) is 0.409. The van der Waals surface area contributed by atoms with Crippen LogP contribution >= 0.6 is 0 Å². The predicted octanol–water partition coefficient (Wildman–Crippen LogP) is 3.96. The molecule has 2 aromatic carbocycles. The fourth-order valence-electron chi connectivity index (χ4n) is 2.96. The van der Waals surface area contributed by atoms with Crippen LogP contribution in [0.2, 0.25) is 0 Å². The van der Waals surface area contributed by atoms with E-state index in [1.54, 1.807) is 39.3 Å². The maximum absolute atomic E-state index is 12.9. The summed E-state index contributed by atoms with van der Waals surface area (Å²) in [5.74, 6) is 2.02. The summed E-state index contributed by atoms with van der Waals surface area (Å²) in [6, 6.07) is 10.6. The van der Waals surface area contributed by atoms with Gasteiger partial charge in [0.25, 0.3) is 0 Å². The molecule has 0 heterocycles. The molecule has 0 radical (unpaired) electrons. The van der Waals surface area contributed by atoms with E-state index in [1.165, 1.54) is 0 Å². The van der Waals surface area contributed by atoms with Crippen LogP contribution in [0.1, 0.15) is 25.0 Å². The van der Waals surface area contributed by atoms with E-state index in [4.69, 9.17) is 18.9 Å². The van der Waals surface area contributed by atoms with Crippen LogP contribution in [-0.4, -0.2) is 39.9 Å². The summed E-state index contributed by atoms with van der Waals surface area (Å²) in [6.45, 7) is 2.26. The molecule has 31 heavy (non-hydrogen) atoms. The smallest absolute Gasteiger partial charge is 0.387 e. The minimum atomic E-state index is -2.96. The van der Waals surface area contributed by atoms with Gasteiger partial charge in [0.2, 0.25) is 0 Å². The zero-order chi connectivity index (χ0) is 22.6. The first kappa shape index (κ1) is 24.0. The molecular formula is C22H29F2N3O4. The molecular weight excluding hydrogens is 408 g/mol. The van der Waals surface area contributed by atoms with Crippen molar-refractivity contribution in [2.75, 3.05) is 27.4 Å². The van der Waals surface area contributed by atoms with E-state index >= 15 is 0 Å². The van der Waals surface area contributed by atoms with Crippen molar-refractivity contribution in [1.82, 2.24) is 10.6 Å². The van der Waals surface area contributed by atoms with Crippen LogP contribution in [0.25, 0.3) is 0 Å². The average Bonchev–Trinajstić information content (AvgIpc) is 2.76. The Balaban J connectivity index is 2.20. The van der Waals surface area contributed by atoms with Crippen molar-refractivity contribution < 1.29 is 27.7 Å². The first-order valence-electron chi connectivity index (χ1n) is 9.95. The highest BCUT2D eigenvalue weighted by atomic mass is 19.3. The maximum atomic E-state index is 12.9. The first-order valence-corrected chi connectivity index (χ1v) is 9.95. The molecule has 0 amide bonds. The third-order valence-corrected chi connectivity index (χ3v) is 4.25. The number of rotatable bonds is 11. The Bertz CT molecular complexity index is 863. The van der Waals surface area contributed by atoms with Crippen molar-refractivity contribution in [3.05, 3.63) is 47.5 Å². The number of benzene rings is 2. The van der Waals surface area contributed by atoms with Gasteiger partial charge in [0, 0.05) is 24.2 Å². The van der Waals surface area contributed by atoms with Gasteiger partial charge in [0.15, 0.2) is 29.0 Å². The quantitative estimate of drug-likeness (QED) is 0.410. The molecule has 0 aromatic heterocycles. The summed E-state index contributed by atoms with van der Waals surface area (Å²) >= 11 is 0. The van der Waals surface area contributed by atoms with E-state index < -0.39 is 6.61 Å². The first-order chi connectivity index (χ1) is 15.0. The topological polar surface area (TPSA) is 73.3 Å². The van der Waals surface area contributed by atoms with Crippen molar-refractivity contribution in [2.24, 2.45) is 4.99 Å². The predicted molar refractivity (Wildman–Crippen MR) is 115 cm³/mol. The zero-order valence-corrected chi connectivity index (χ0v) is 18.2. The van der Waals surface area contributed by atoms with E-state index in [1.807, 2.05) is 25.1 Å². The largest absolute Gasteiger partial charge is 0.493 e. The van der Waals surface area contributed by atoms with E-state index in [0.29, 0.717) is 42.7 Å². The zero-order valence-electron chi connectivity index (χ0n) is 18.2. The van der Waals surface area contributed by atoms with Crippen molar-refractivity contribution >= 4 is 5.96 Å². The van der Waals surface area contributed by atoms with Crippen molar-refractivity contribution in [1.29, 1.82) is 0 Å². The van der Waals surface area contributed by atoms with Gasteiger partial charge in [-0.2, -0.15) is 8.78 Å². The SMILES string of the molecule is CCNC(=NCc1cccc(OC)c1OC)NCc1cccc(OCC)c1OC(F)F. The van der Waals surface area contributed by atoms with Gasteiger partial charge in [-0.25, -0.2) is 4.99 Å². The van der Waals surface area contributed by atoms with Crippen molar-refractivity contribution in [3.8, 4) is 23.0 Å². The van der Waals surface area contributed by atoms with Gasteiger partial charge in [-0.15, -0.1) is 0 Å². The Morgan fingerprint density at radius 2 is 1.65 bits per heavy atom. The second-order valence-corrected chi connectivity index (χ2v) is 6.26. The van der Waals surface area contributed by atoms with E-state index in [0.717, 1.165) is 5.56 Å². The number of halogens is 2. The summed E-state index contributed by atoms with van der Waals surface area (Å²) in [6.07, 6.45) is 0. The minimum Gasteiger partial charge on any atom is -0.493 e. The fourth-order valence-corrected chi connectivity index (χ4v) is 2.96. The standard InChI is InChI=1S/C22H29F2N3O4/c1-5-25-22(26-13-15-9-7-11-17(28-3)19(15)29-4)27-14-16-10-8-12-18(30-6-2)20(16)31-21(23)24/h7-12,21H,5-6,13-14H2,1-4H3,(H2,25,26,27). The van der Waals surface area contributed by atoms with Crippen molar-refractivity contribution in [2.45, 2.75) is 33.5 Å². The Kier molecular flexibility index (Phi) is 9.67. The van der Waals surface area contributed by atoms with Gasteiger partial charge in [-0.05, 0) is 26.0 Å². The highest BCUT2D eigenvalue weighted by molar-refractivity contribution is 5.80. The molecule has 0 saturated heterocycles. The molecule has 2 aromatic rings. The van der Waals surface area contributed by atoms with Crippen LogP contribution in [0.15, 0.2) is 41.4 Å². The van der Waals surface area contributed by atoms with Gasteiger partial charge in [-0.1, -0.05) is 24.3 Å². The lowest BCUT2D eigenvalue weighted by atomic mass is 10.2. The third kappa shape index (κ3) is 6.91. The van der Waals surface area contributed by atoms with E-state index in [9.17, 15) is 8.78 Å². The molecule has 9 heteroatoms. The van der Waals surface area contributed by atoms with Crippen LogP contribution in [0.4, 0.5) is 8.78 Å². The molecule has 0 aliphatic heterocycles. The van der Waals surface area contributed by atoms with Gasteiger partial charge >= 0.3 is 6.61 Å². The number of nitrogens with one attached hydrogen (secondary N) is 2. The Morgan fingerprint density at radius 3 is 2.26 bits per heavy atom. The Morgan fingerprint density at radius 1 is 0.935 bits per heavy atom. The normalized spacial score (nSPS) is 11.3. The van der Waals surface area contributed by atoms with E-state index in [2.05, 4.69) is 15.6 Å². The average molecular weight is 437 g/mol. The van der Waals surface area contributed by atoms with Crippen LogP contribution < -0.4 is 29.6 Å². The molecule has 0 saturated carbocycles. The number of alkyl halides is 2. The summed E-state index contributed by atoms with van der Waals surface area (Å²) in [5.41, 5.74) is 1.37. The Labute approximate surface area is 181 Å². The number of hydrogen-bond acceptors (Lipinski definition) is 5. The molecule has 2 N–H and O–H groups in total. The molecule has 0 aliphatic carbocycles. The van der Waals surface area contributed by atoms with Crippen molar-refractivity contribution in [3.63, 3.8) is 0 Å². The van der Waals surface area contributed by atoms with Crippen LogP contribution in [0.3, 0.4) is 0 Å². The lowest BCUT2D eigenvalue weighted by Gasteiger charge is -2.17. The number of para-hydroxylation sites is 2. The number of ether oxygens (including phenoxy) is 4. The summed E-state index contributed by atoms with van der Waals surface area (Å²) in [4.78, 5) is 4.57. The molecule has 0 unspecified atom stereocenters. The van der Waals surface area contributed by atoms with Gasteiger partial charge in [-0.3, -0.25) is 0 Å². The molecule has 2 rings (SSSR count). The third-order valence-electron chi connectivity index (χ3n) is 4.25. The molecule has 7 nitrogen and oxygen atoms in total. The van der Waals surface area contributed by atoms with E-state index in [-0.39, 0.29) is 18.0 Å². The monoisotopic (exact) mass is 437 g/mol. The number of hydrogen-bond donors (Lipinski definition) is 2. The van der Waals surface area contributed by atoms with Gasteiger partial charge in [0.05, 0.1) is 27.4 Å². The number of methoxy groups -OCH3 is 2. The Hall–Kier alpha value is -3.23. The highest BCUT2D eigenvalue weighted by Gasteiger charge is 2.16.